The van der Waals surface area contributed by atoms with E-state index in [1.165, 1.54) is 6.08 Å². The Balaban J connectivity index is 4.92. The van der Waals surface area contributed by atoms with Gasteiger partial charge in [-0.2, -0.15) is 26.3 Å². The number of alkyl halides is 6. The van der Waals surface area contributed by atoms with Crippen LogP contribution in [0.1, 0.15) is 40.5 Å². The normalized spacial score (nSPS) is 14.2. The van der Waals surface area contributed by atoms with Crippen molar-refractivity contribution in [3.63, 3.8) is 0 Å². The molecule has 0 aliphatic rings. The van der Waals surface area contributed by atoms with Crippen LogP contribution in [0.3, 0.4) is 0 Å². The highest BCUT2D eigenvalue weighted by atomic mass is 19.4. The summed E-state index contributed by atoms with van der Waals surface area (Å²) in [5.41, 5.74) is 2.08. The molecule has 0 unspecified atom stereocenters. The Morgan fingerprint density at radius 1 is 0.880 bits per heavy atom. The molecule has 0 radical (unpaired) electrons. The third kappa shape index (κ3) is 14.7. The first-order chi connectivity index (χ1) is 11.2. The fourth-order valence-corrected chi connectivity index (χ4v) is 1.65. The van der Waals surface area contributed by atoms with Crippen molar-refractivity contribution >= 4 is 0 Å². The van der Waals surface area contributed by atoms with E-state index in [0.717, 1.165) is 37.0 Å². The van der Waals surface area contributed by atoms with Crippen molar-refractivity contribution in [1.82, 2.24) is 0 Å². The van der Waals surface area contributed by atoms with Crippen LogP contribution < -0.4 is 0 Å². The second-order valence-corrected chi connectivity index (χ2v) is 6.02. The van der Waals surface area contributed by atoms with Crippen LogP contribution in [0.15, 0.2) is 35.5 Å². The summed E-state index contributed by atoms with van der Waals surface area (Å²) in [6, 6.07) is 0. The molecule has 146 valence electrons. The van der Waals surface area contributed by atoms with E-state index in [-0.39, 0.29) is 0 Å². The zero-order chi connectivity index (χ0) is 19.7. The fourth-order valence-electron chi connectivity index (χ4n) is 1.65. The van der Waals surface area contributed by atoms with E-state index in [9.17, 15) is 26.3 Å². The van der Waals surface area contributed by atoms with E-state index < -0.39 is 31.4 Å². The number of hydrogen-bond acceptors (Lipinski definition) is 2. The monoisotopic (exact) mass is 374 g/mol. The first kappa shape index (κ1) is 23.7. The van der Waals surface area contributed by atoms with Gasteiger partial charge in [0.05, 0.1) is 0 Å². The molecular formula is C17H24F6O2. The topological polar surface area (TPSA) is 18.5 Å². The summed E-state index contributed by atoms with van der Waals surface area (Å²) in [6.07, 6.45) is -1.82. The Hall–Kier alpha value is -1.28. The molecule has 8 heteroatoms. The Kier molecular flexibility index (Phi) is 9.50. The van der Waals surface area contributed by atoms with Crippen molar-refractivity contribution in [2.24, 2.45) is 0 Å². The van der Waals surface area contributed by atoms with Gasteiger partial charge < -0.3 is 9.47 Å². The van der Waals surface area contributed by atoms with Crippen molar-refractivity contribution in [2.45, 2.75) is 58.7 Å². The molecule has 0 atom stereocenters. The summed E-state index contributed by atoms with van der Waals surface area (Å²) in [4.78, 5) is 0. The third-order valence-electron chi connectivity index (χ3n) is 2.92. The number of halogens is 6. The summed E-state index contributed by atoms with van der Waals surface area (Å²) in [5, 5.41) is 0. The van der Waals surface area contributed by atoms with Gasteiger partial charge in [-0.1, -0.05) is 29.4 Å². The predicted octanol–water partition coefficient (Wildman–Crippen LogP) is 6.11. The van der Waals surface area contributed by atoms with Crippen LogP contribution in [0, 0.1) is 0 Å². The number of rotatable bonds is 9. The van der Waals surface area contributed by atoms with Gasteiger partial charge in [0.25, 0.3) is 0 Å². The molecule has 0 N–H and O–H groups in total. The van der Waals surface area contributed by atoms with Gasteiger partial charge in [-0.05, 0) is 46.6 Å². The highest BCUT2D eigenvalue weighted by molar-refractivity contribution is 5.13. The lowest BCUT2D eigenvalue weighted by Crippen LogP contribution is -2.37. The molecule has 0 amide bonds. The quantitative estimate of drug-likeness (QED) is 0.210. The Bertz CT molecular complexity index is 464. The van der Waals surface area contributed by atoms with E-state index >= 15 is 0 Å². The maximum atomic E-state index is 12.3. The van der Waals surface area contributed by atoms with Crippen LogP contribution in [-0.2, 0) is 9.47 Å². The zero-order valence-corrected chi connectivity index (χ0v) is 14.7. The van der Waals surface area contributed by atoms with Gasteiger partial charge in [-0.25, -0.2) is 0 Å². The number of ether oxygens (including phenoxy) is 2. The molecule has 0 saturated carbocycles. The molecule has 0 fully saturated rings. The van der Waals surface area contributed by atoms with Crippen molar-refractivity contribution in [1.29, 1.82) is 0 Å². The molecule has 0 aliphatic heterocycles. The lowest BCUT2D eigenvalue weighted by molar-refractivity contribution is -0.284. The fraction of sp³-hybridized carbons (Fsp3) is 0.647. The van der Waals surface area contributed by atoms with Gasteiger partial charge in [-0.15, -0.1) is 0 Å². The summed E-state index contributed by atoms with van der Waals surface area (Å²) in [7, 11) is 0. The summed E-state index contributed by atoms with van der Waals surface area (Å²) < 4.78 is 82.6. The lowest BCUT2D eigenvalue weighted by atomic mass is 10.1. The first-order valence-corrected chi connectivity index (χ1v) is 7.62. The maximum Gasteiger partial charge on any atom is 0.411 e. The predicted molar refractivity (Wildman–Crippen MR) is 84.0 cm³/mol. The SMILES string of the molecule is CC(C)=CCC/C(C)=C\C=C\C(C)(OCC(F)(F)F)OCC(F)(F)F. The first-order valence-electron chi connectivity index (χ1n) is 7.62. The summed E-state index contributed by atoms with van der Waals surface area (Å²) in [6.45, 7) is 3.31. The van der Waals surface area contributed by atoms with Gasteiger partial charge in [0.15, 0.2) is 5.79 Å². The average Bonchev–Trinajstić information content (AvgIpc) is 2.41. The van der Waals surface area contributed by atoms with Crippen LogP contribution in [0.25, 0.3) is 0 Å². The second-order valence-electron chi connectivity index (χ2n) is 6.02. The second kappa shape index (κ2) is 10.0. The molecule has 0 aromatic heterocycles. The number of allylic oxidation sites excluding steroid dienone is 5. The molecule has 25 heavy (non-hydrogen) atoms. The Labute approximate surface area is 144 Å². The molecule has 0 aliphatic carbocycles. The van der Waals surface area contributed by atoms with Gasteiger partial charge in [0.1, 0.15) is 13.2 Å². The lowest BCUT2D eigenvalue weighted by Gasteiger charge is -2.28. The molecule has 2 nitrogen and oxygen atoms in total. The molecule has 0 aromatic carbocycles. The van der Waals surface area contributed by atoms with Crippen LogP contribution in [0.4, 0.5) is 26.3 Å². The van der Waals surface area contributed by atoms with Crippen LogP contribution in [-0.4, -0.2) is 31.4 Å². The van der Waals surface area contributed by atoms with Crippen molar-refractivity contribution in [3.05, 3.63) is 35.5 Å². The highest BCUT2D eigenvalue weighted by Gasteiger charge is 2.37. The zero-order valence-electron chi connectivity index (χ0n) is 14.7. The molecule has 0 heterocycles. The Morgan fingerprint density at radius 2 is 1.36 bits per heavy atom. The molecule has 0 spiro atoms. The van der Waals surface area contributed by atoms with Gasteiger partial charge in [0, 0.05) is 0 Å². The minimum Gasteiger partial charge on any atom is -0.337 e. The molecule has 0 saturated heterocycles. The van der Waals surface area contributed by atoms with E-state index in [1.54, 1.807) is 6.08 Å². The van der Waals surface area contributed by atoms with Gasteiger partial charge in [0.2, 0.25) is 0 Å². The van der Waals surface area contributed by atoms with Gasteiger partial charge >= 0.3 is 12.4 Å². The highest BCUT2D eigenvalue weighted by Crippen LogP contribution is 2.25. The largest absolute Gasteiger partial charge is 0.411 e. The molecule has 0 aromatic rings. The maximum absolute atomic E-state index is 12.3. The molecular weight excluding hydrogens is 350 g/mol. The van der Waals surface area contributed by atoms with E-state index in [4.69, 9.17) is 0 Å². The van der Waals surface area contributed by atoms with Crippen LogP contribution in [0.2, 0.25) is 0 Å². The standard InChI is InChI=1S/C17H24F6O2/c1-13(2)7-5-8-14(3)9-6-10-15(4,24-11-16(18,19)20)25-12-17(21,22)23/h6-7,9-10H,5,8,11-12H2,1-4H3/b10-6+,14-9-. The smallest absolute Gasteiger partial charge is 0.337 e. The molecule has 0 rings (SSSR count). The van der Waals surface area contributed by atoms with E-state index in [1.807, 2.05) is 26.8 Å². The average molecular weight is 374 g/mol. The summed E-state index contributed by atoms with van der Waals surface area (Å²) in [5.74, 6) is -2.14. The minimum atomic E-state index is -4.67. The van der Waals surface area contributed by atoms with Crippen molar-refractivity contribution in [2.75, 3.05) is 13.2 Å². The van der Waals surface area contributed by atoms with Crippen LogP contribution >= 0.6 is 0 Å². The minimum absolute atomic E-state index is 0.721. The molecule has 0 bridgehead atoms. The Morgan fingerprint density at radius 3 is 1.76 bits per heavy atom. The van der Waals surface area contributed by atoms with E-state index in [0.29, 0.717) is 0 Å². The van der Waals surface area contributed by atoms with E-state index in [2.05, 4.69) is 9.47 Å². The van der Waals surface area contributed by atoms with Crippen LogP contribution in [0.5, 0.6) is 0 Å². The van der Waals surface area contributed by atoms with Gasteiger partial charge in [-0.3, -0.25) is 0 Å². The number of hydrogen-bond donors (Lipinski definition) is 0. The van der Waals surface area contributed by atoms with Crippen molar-refractivity contribution < 1.29 is 35.8 Å². The van der Waals surface area contributed by atoms with Crippen molar-refractivity contribution in [3.8, 4) is 0 Å². The summed E-state index contributed by atoms with van der Waals surface area (Å²) >= 11 is 0. The third-order valence-corrected chi connectivity index (χ3v) is 2.92.